The van der Waals surface area contributed by atoms with Gasteiger partial charge < -0.3 is 4.90 Å². The second-order valence-corrected chi connectivity index (χ2v) is 4.32. The molecular formula is C8H16BrNOS. The predicted octanol–water partition coefficient (Wildman–Crippen LogP) is 1.98. The lowest BCUT2D eigenvalue weighted by molar-refractivity contribution is -0.128. The fourth-order valence-electron chi connectivity index (χ4n) is 0.822. The summed E-state index contributed by atoms with van der Waals surface area (Å²) in [5.74, 6) is 1.27. The summed E-state index contributed by atoms with van der Waals surface area (Å²) in [7, 11) is 1.86. The summed E-state index contributed by atoms with van der Waals surface area (Å²) in [5, 5.41) is 0.424. The molecule has 0 spiro atoms. The van der Waals surface area contributed by atoms with E-state index in [9.17, 15) is 4.79 Å². The standard InChI is InChI=1S/C8H16BrNOS/c1-7(4-5-12-3)10(2)8(11)6-9/h7H,4-6H2,1-3H3. The maximum Gasteiger partial charge on any atom is 0.233 e. The fraction of sp³-hybridized carbons (Fsp3) is 0.875. The van der Waals surface area contributed by atoms with Gasteiger partial charge in [-0.3, -0.25) is 4.79 Å². The molecule has 1 atom stereocenters. The van der Waals surface area contributed by atoms with Crippen LogP contribution in [-0.4, -0.2) is 41.2 Å². The number of alkyl halides is 1. The van der Waals surface area contributed by atoms with Gasteiger partial charge in [-0.2, -0.15) is 11.8 Å². The van der Waals surface area contributed by atoms with Crippen molar-refractivity contribution >= 4 is 33.6 Å². The summed E-state index contributed by atoms with van der Waals surface area (Å²) in [4.78, 5) is 13.0. The Kier molecular flexibility index (Phi) is 6.95. The van der Waals surface area contributed by atoms with Crippen molar-refractivity contribution in [2.24, 2.45) is 0 Å². The van der Waals surface area contributed by atoms with Crippen LogP contribution < -0.4 is 0 Å². The molecule has 0 saturated heterocycles. The molecule has 0 aromatic heterocycles. The van der Waals surface area contributed by atoms with Gasteiger partial charge in [-0.25, -0.2) is 0 Å². The van der Waals surface area contributed by atoms with Crippen LogP contribution in [0.15, 0.2) is 0 Å². The molecule has 0 bridgehead atoms. The molecule has 4 heteroatoms. The van der Waals surface area contributed by atoms with Gasteiger partial charge in [0.2, 0.25) is 5.91 Å². The number of carbonyl (C=O) groups excluding carboxylic acids is 1. The molecule has 0 saturated carbocycles. The van der Waals surface area contributed by atoms with Crippen molar-refractivity contribution in [1.29, 1.82) is 0 Å². The van der Waals surface area contributed by atoms with Gasteiger partial charge in [-0.05, 0) is 25.4 Å². The van der Waals surface area contributed by atoms with Crippen LogP contribution >= 0.6 is 27.7 Å². The SMILES string of the molecule is CSCCC(C)N(C)C(=O)CBr. The maximum absolute atomic E-state index is 11.2. The highest BCUT2D eigenvalue weighted by molar-refractivity contribution is 9.09. The van der Waals surface area contributed by atoms with Crippen molar-refractivity contribution in [1.82, 2.24) is 4.90 Å². The fourth-order valence-corrected chi connectivity index (χ4v) is 1.79. The molecule has 72 valence electrons. The molecule has 1 amide bonds. The lowest BCUT2D eigenvalue weighted by Crippen LogP contribution is -2.36. The molecule has 1 unspecified atom stereocenters. The molecule has 0 aromatic carbocycles. The van der Waals surface area contributed by atoms with E-state index < -0.39 is 0 Å². The maximum atomic E-state index is 11.2. The molecule has 0 N–H and O–H groups in total. The first-order valence-electron chi connectivity index (χ1n) is 3.94. The zero-order chi connectivity index (χ0) is 9.56. The highest BCUT2D eigenvalue weighted by atomic mass is 79.9. The number of halogens is 1. The molecule has 0 aliphatic carbocycles. The van der Waals surface area contributed by atoms with E-state index in [-0.39, 0.29) is 5.91 Å². The molecule has 2 nitrogen and oxygen atoms in total. The third kappa shape index (κ3) is 4.36. The Hall–Kier alpha value is 0.300. The van der Waals surface area contributed by atoms with Crippen molar-refractivity contribution < 1.29 is 4.79 Å². The van der Waals surface area contributed by atoms with Gasteiger partial charge in [-0.1, -0.05) is 15.9 Å². The first-order valence-corrected chi connectivity index (χ1v) is 6.45. The van der Waals surface area contributed by atoms with E-state index in [0.29, 0.717) is 11.4 Å². The minimum Gasteiger partial charge on any atom is -0.342 e. The summed E-state index contributed by atoms with van der Waals surface area (Å²) < 4.78 is 0. The largest absolute Gasteiger partial charge is 0.342 e. The predicted molar refractivity (Wildman–Crippen MR) is 59.0 cm³/mol. The number of thioether (sulfide) groups is 1. The van der Waals surface area contributed by atoms with E-state index in [1.54, 1.807) is 4.90 Å². The van der Waals surface area contributed by atoms with Gasteiger partial charge in [0.05, 0.1) is 5.33 Å². The number of hydrogen-bond donors (Lipinski definition) is 0. The van der Waals surface area contributed by atoms with Crippen molar-refractivity contribution in [3.8, 4) is 0 Å². The third-order valence-corrected chi connectivity index (χ3v) is 3.03. The van der Waals surface area contributed by atoms with E-state index >= 15 is 0 Å². The zero-order valence-electron chi connectivity index (χ0n) is 7.84. The monoisotopic (exact) mass is 253 g/mol. The van der Waals surface area contributed by atoms with Crippen LogP contribution in [0.2, 0.25) is 0 Å². The Labute approximate surface area is 87.2 Å². The van der Waals surface area contributed by atoms with Crippen LogP contribution in [-0.2, 0) is 4.79 Å². The summed E-state index contributed by atoms with van der Waals surface area (Å²) in [6, 6.07) is 0.350. The number of nitrogens with zero attached hydrogens (tertiary/aromatic N) is 1. The molecule has 0 aromatic rings. The van der Waals surface area contributed by atoms with E-state index in [0.717, 1.165) is 12.2 Å². The van der Waals surface area contributed by atoms with Crippen LogP contribution in [0.4, 0.5) is 0 Å². The average molecular weight is 254 g/mol. The van der Waals surface area contributed by atoms with E-state index in [2.05, 4.69) is 29.1 Å². The second-order valence-electron chi connectivity index (χ2n) is 2.77. The topological polar surface area (TPSA) is 20.3 Å². The summed E-state index contributed by atoms with van der Waals surface area (Å²) in [6.07, 6.45) is 3.15. The summed E-state index contributed by atoms with van der Waals surface area (Å²) in [5.41, 5.74) is 0. The molecule has 0 fully saturated rings. The van der Waals surface area contributed by atoms with E-state index in [1.807, 2.05) is 18.8 Å². The van der Waals surface area contributed by atoms with E-state index in [1.165, 1.54) is 0 Å². The van der Waals surface area contributed by atoms with Gasteiger partial charge in [0.1, 0.15) is 0 Å². The zero-order valence-corrected chi connectivity index (χ0v) is 10.2. The first kappa shape index (κ1) is 12.3. The summed E-state index contributed by atoms with van der Waals surface area (Å²) in [6.45, 7) is 2.08. The molecule has 0 aliphatic rings. The van der Waals surface area contributed by atoms with Gasteiger partial charge in [0, 0.05) is 13.1 Å². The highest BCUT2D eigenvalue weighted by Crippen LogP contribution is 2.06. The van der Waals surface area contributed by atoms with Gasteiger partial charge in [-0.15, -0.1) is 0 Å². The smallest absolute Gasteiger partial charge is 0.233 e. The lowest BCUT2D eigenvalue weighted by Gasteiger charge is -2.23. The Morgan fingerprint density at radius 2 is 2.25 bits per heavy atom. The van der Waals surface area contributed by atoms with Gasteiger partial charge >= 0.3 is 0 Å². The molecule has 0 radical (unpaired) electrons. The lowest BCUT2D eigenvalue weighted by atomic mass is 10.2. The van der Waals surface area contributed by atoms with Gasteiger partial charge in [0.25, 0.3) is 0 Å². The minimum absolute atomic E-state index is 0.156. The molecular weight excluding hydrogens is 238 g/mol. The Morgan fingerprint density at radius 3 is 2.67 bits per heavy atom. The highest BCUT2D eigenvalue weighted by Gasteiger charge is 2.13. The third-order valence-electron chi connectivity index (χ3n) is 1.91. The van der Waals surface area contributed by atoms with E-state index in [4.69, 9.17) is 0 Å². The van der Waals surface area contributed by atoms with Crippen LogP contribution in [0.5, 0.6) is 0 Å². The van der Waals surface area contributed by atoms with Crippen LogP contribution in [0.25, 0.3) is 0 Å². The number of amides is 1. The Bertz CT molecular complexity index is 143. The summed E-state index contributed by atoms with van der Waals surface area (Å²) >= 11 is 4.97. The molecule has 0 heterocycles. The van der Waals surface area contributed by atoms with Crippen LogP contribution in [0.1, 0.15) is 13.3 Å². The second kappa shape index (κ2) is 6.78. The average Bonchev–Trinajstić information content (AvgIpc) is 2.11. The number of carbonyl (C=O) groups is 1. The number of rotatable bonds is 5. The Balaban J connectivity index is 3.75. The van der Waals surface area contributed by atoms with Crippen molar-refractivity contribution in [2.45, 2.75) is 19.4 Å². The molecule has 0 aliphatic heterocycles. The quantitative estimate of drug-likeness (QED) is 0.699. The normalized spacial score (nSPS) is 12.7. The van der Waals surface area contributed by atoms with Crippen molar-refractivity contribution in [2.75, 3.05) is 24.4 Å². The van der Waals surface area contributed by atoms with Crippen LogP contribution in [0, 0.1) is 0 Å². The minimum atomic E-state index is 0.156. The van der Waals surface area contributed by atoms with Crippen molar-refractivity contribution in [3.05, 3.63) is 0 Å². The van der Waals surface area contributed by atoms with Gasteiger partial charge in [0.15, 0.2) is 0 Å². The van der Waals surface area contributed by atoms with Crippen LogP contribution in [0.3, 0.4) is 0 Å². The van der Waals surface area contributed by atoms with Crippen molar-refractivity contribution in [3.63, 3.8) is 0 Å². The molecule has 0 rings (SSSR count). The Morgan fingerprint density at radius 1 is 1.67 bits per heavy atom. The number of hydrogen-bond acceptors (Lipinski definition) is 2. The molecule has 12 heavy (non-hydrogen) atoms. The first-order chi connectivity index (χ1) is 5.63.